The van der Waals surface area contributed by atoms with Gasteiger partial charge in [-0.25, -0.2) is 9.37 Å². The van der Waals surface area contributed by atoms with Crippen LogP contribution in [-0.4, -0.2) is 19.1 Å². The molecular formula is C7H10FN3. The Morgan fingerprint density at radius 3 is 2.64 bits per heavy atom. The van der Waals surface area contributed by atoms with Crippen LogP contribution in [0.5, 0.6) is 0 Å². The Kier molecular flexibility index (Phi) is 1.94. The molecule has 2 N–H and O–H groups in total. The zero-order valence-corrected chi connectivity index (χ0v) is 6.50. The van der Waals surface area contributed by atoms with Crippen molar-refractivity contribution in [1.82, 2.24) is 4.98 Å². The zero-order valence-electron chi connectivity index (χ0n) is 6.50. The largest absolute Gasteiger partial charge is 0.397 e. The minimum atomic E-state index is -0.394. The summed E-state index contributed by atoms with van der Waals surface area (Å²) in [7, 11) is 3.45. The first-order valence-corrected chi connectivity index (χ1v) is 3.19. The van der Waals surface area contributed by atoms with Gasteiger partial charge in [0, 0.05) is 20.2 Å². The Morgan fingerprint density at radius 1 is 1.55 bits per heavy atom. The Balaban J connectivity index is 3.09. The molecule has 0 saturated carbocycles. The van der Waals surface area contributed by atoms with Gasteiger partial charge in [-0.2, -0.15) is 0 Å². The second-order valence-corrected chi connectivity index (χ2v) is 2.47. The van der Waals surface area contributed by atoms with E-state index in [2.05, 4.69) is 4.98 Å². The van der Waals surface area contributed by atoms with Crippen molar-refractivity contribution >= 4 is 11.5 Å². The highest BCUT2D eigenvalue weighted by molar-refractivity contribution is 5.46. The highest BCUT2D eigenvalue weighted by Crippen LogP contribution is 2.14. The Labute approximate surface area is 64.6 Å². The average Bonchev–Trinajstić information content (AvgIpc) is 1.85. The molecule has 0 aliphatic rings. The van der Waals surface area contributed by atoms with E-state index in [0.29, 0.717) is 11.5 Å². The first-order chi connectivity index (χ1) is 5.11. The van der Waals surface area contributed by atoms with Crippen LogP contribution in [0.15, 0.2) is 12.3 Å². The normalized spacial score (nSPS) is 9.73. The first kappa shape index (κ1) is 7.78. The molecule has 0 spiro atoms. The maximum absolute atomic E-state index is 12.9. The molecule has 0 saturated heterocycles. The molecule has 4 heteroatoms. The molecule has 1 heterocycles. The summed E-state index contributed by atoms with van der Waals surface area (Å²) in [6.45, 7) is 0. The molecule has 11 heavy (non-hydrogen) atoms. The second-order valence-electron chi connectivity index (χ2n) is 2.47. The molecule has 0 aliphatic carbocycles. The van der Waals surface area contributed by atoms with E-state index >= 15 is 0 Å². The molecule has 1 aromatic rings. The van der Waals surface area contributed by atoms with Gasteiger partial charge in [-0.05, 0) is 0 Å². The maximum atomic E-state index is 12.9. The molecule has 60 valence electrons. The van der Waals surface area contributed by atoms with Gasteiger partial charge in [0.2, 0.25) is 0 Å². The SMILES string of the molecule is CN(C)c1ncc(N)cc1F. The zero-order chi connectivity index (χ0) is 8.43. The standard InChI is InChI=1S/C7H10FN3/c1-11(2)7-6(8)3-5(9)4-10-7/h3-4H,9H2,1-2H3. The quantitative estimate of drug-likeness (QED) is 0.654. The van der Waals surface area contributed by atoms with Crippen molar-refractivity contribution in [3.8, 4) is 0 Å². The van der Waals surface area contributed by atoms with E-state index in [-0.39, 0.29) is 0 Å². The predicted molar refractivity (Wildman–Crippen MR) is 42.9 cm³/mol. The van der Waals surface area contributed by atoms with Crippen LogP contribution >= 0.6 is 0 Å². The summed E-state index contributed by atoms with van der Waals surface area (Å²) in [5.41, 5.74) is 5.65. The lowest BCUT2D eigenvalue weighted by Gasteiger charge is -2.11. The van der Waals surface area contributed by atoms with Crippen LogP contribution in [0.3, 0.4) is 0 Å². The fraction of sp³-hybridized carbons (Fsp3) is 0.286. The molecule has 0 aliphatic heterocycles. The number of halogens is 1. The lowest BCUT2D eigenvalue weighted by atomic mass is 10.4. The summed E-state index contributed by atoms with van der Waals surface area (Å²) in [6, 6.07) is 1.25. The molecular weight excluding hydrogens is 145 g/mol. The summed E-state index contributed by atoms with van der Waals surface area (Å²) < 4.78 is 12.9. The molecule has 1 aromatic heterocycles. The van der Waals surface area contributed by atoms with Crippen LogP contribution < -0.4 is 10.6 Å². The molecule has 1 rings (SSSR count). The number of aromatic nitrogens is 1. The Bertz CT molecular complexity index is 260. The van der Waals surface area contributed by atoms with Crippen LogP contribution in [0.1, 0.15) is 0 Å². The van der Waals surface area contributed by atoms with Crippen molar-refractivity contribution < 1.29 is 4.39 Å². The van der Waals surface area contributed by atoms with Gasteiger partial charge in [0.15, 0.2) is 11.6 Å². The van der Waals surface area contributed by atoms with Crippen molar-refractivity contribution in [3.05, 3.63) is 18.1 Å². The van der Waals surface area contributed by atoms with Crippen molar-refractivity contribution in [2.75, 3.05) is 24.7 Å². The lowest BCUT2D eigenvalue weighted by Crippen LogP contribution is -2.12. The average molecular weight is 155 g/mol. The van der Waals surface area contributed by atoms with Crippen LogP contribution in [0.2, 0.25) is 0 Å². The van der Waals surface area contributed by atoms with E-state index < -0.39 is 5.82 Å². The molecule has 0 fully saturated rings. The van der Waals surface area contributed by atoms with Crippen molar-refractivity contribution in [2.24, 2.45) is 0 Å². The van der Waals surface area contributed by atoms with Crippen molar-refractivity contribution in [1.29, 1.82) is 0 Å². The maximum Gasteiger partial charge on any atom is 0.167 e. The third-order valence-electron chi connectivity index (χ3n) is 1.27. The highest BCUT2D eigenvalue weighted by atomic mass is 19.1. The molecule has 0 radical (unpaired) electrons. The van der Waals surface area contributed by atoms with E-state index in [9.17, 15) is 4.39 Å². The second kappa shape index (κ2) is 2.74. The number of rotatable bonds is 1. The van der Waals surface area contributed by atoms with Gasteiger partial charge in [0.05, 0.1) is 11.9 Å². The third kappa shape index (κ3) is 1.58. The van der Waals surface area contributed by atoms with Crippen molar-refractivity contribution in [3.63, 3.8) is 0 Å². The molecule has 0 bridgehead atoms. The number of anilines is 2. The van der Waals surface area contributed by atoms with Crippen LogP contribution in [-0.2, 0) is 0 Å². The monoisotopic (exact) mass is 155 g/mol. The van der Waals surface area contributed by atoms with E-state index in [0.717, 1.165) is 0 Å². The number of nitrogens with zero attached hydrogens (tertiary/aromatic N) is 2. The Hall–Kier alpha value is -1.32. The number of nitrogen functional groups attached to an aromatic ring is 1. The molecule has 0 unspecified atom stereocenters. The van der Waals surface area contributed by atoms with E-state index in [1.807, 2.05) is 0 Å². The van der Waals surface area contributed by atoms with Gasteiger partial charge in [0.1, 0.15) is 0 Å². The van der Waals surface area contributed by atoms with E-state index in [1.54, 1.807) is 19.0 Å². The van der Waals surface area contributed by atoms with Gasteiger partial charge in [-0.15, -0.1) is 0 Å². The molecule has 0 amide bonds. The summed E-state index contributed by atoms with van der Waals surface area (Å²) in [4.78, 5) is 5.40. The van der Waals surface area contributed by atoms with Crippen LogP contribution in [0, 0.1) is 5.82 Å². The molecule has 3 nitrogen and oxygen atoms in total. The van der Waals surface area contributed by atoms with Gasteiger partial charge >= 0.3 is 0 Å². The summed E-state index contributed by atoms with van der Waals surface area (Å²) in [5.74, 6) is -0.0887. The van der Waals surface area contributed by atoms with E-state index in [4.69, 9.17) is 5.73 Å². The minimum absolute atomic E-state index is 0.305. The molecule has 0 atom stereocenters. The van der Waals surface area contributed by atoms with Crippen LogP contribution in [0.25, 0.3) is 0 Å². The topological polar surface area (TPSA) is 42.2 Å². The number of hydrogen-bond acceptors (Lipinski definition) is 3. The van der Waals surface area contributed by atoms with Gasteiger partial charge < -0.3 is 10.6 Å². The first-order valence-electron chi connectivity index (χ1n) is 3.19. The van der Waals surface area contributed by atoms with Crippen LogP contribution in [0.4, 0.5) is 15.9 Å². The fourth-order valence-corrected chi connectivity index (χ4v) is 0.775. The number of pyridine rings is 1. The van der Waals surface area contributed by atoms with Gasteiger partial charge in [-0.3, -0.25) is 0 Å². The summed E-state index contributed by atoms with van der Waals surface area (Å²) >= 11 is 0. The summed E-state index contributed by atoms with van der Waals surface area (Å²) in [6.07, 6.45) is 1.43. The Morgan fingerprint density at radius 2 is 2.18 bits per heavy atom. The van der Waals surface area contributed by atoms with E-state index in [1.165, 1.54) is 12.3 Å². The summed E-state index contributed by atoms with van der Waals surface area (Å²) in [5, 5.41) is 0. The third-order valence-corrected chi connectivity index (χ3v) is 1.27. The van der Waals surface area contributed by atoms with Crippen molar-refractivity contribution in [2.45, 2.75) is 0 Å². The number of nitrogens with two attached hydrogens (primary N) is 1. The smallest absolute Gasteiger partial charge is 0.167 e. The number of hydrogen-bond donors (Lipinski definition) is 1. The minimum Gasteiger partial charge on any atom is -0.397 e. The highest BCUT2D eigenvalue weighted by Gasteiger charge is 2.04. The lowest BCUT2D eigenvalue weighted by molar-refractivity contribution is 0.620. The predicted octanol–water partition coefficient (Wildman–Crippen LogP) is 0.869. The molecule has 0 aromatic carbocycles. The van der Waals surface area contributed by atoms with Gasteiger partial charge in [0.25, 0.3) is 0 Å². The van der Waals surface area contributed by atoms with Gasteiger partial charge in [-0.1, -0.05) is 0 Å². The fourth-order valence-electron chi connectivity index (χ4n) is 0.775.